The summed E-state index contributed by atoms with van der Waals surface area (Å²) in [7, 11) is 0. The molecular weight excluding hydrogens is 300 g/mol. The average Bonchev–Trinajstić information content (AvgIpc) is 3.10. The molecule has 114 valence electrons. The monoisotopic (exact) mass is 316 g/mol. The van der Waals surface area contributed by atoms with Crippen molar-refractivity contribution >= 4 is 11.6 Å². The Labute approximate surface area is 134 Å². The maximum atomic E-state index is 11.3. The van der Waals surface area contributed by atoms with E-state index in [-0.39, 0.29) is 6.04 Å². The van der Waals surface area contributed by atoms with E-state index < -0.39 is 11.0 Å². The predicted octanol–water partition coefficient (Wildman–Crippen LogP) is 2.75. The lowest BCUT2D eigenvalue weighted by Crippen LogP contribution is -2.54. The lowest BCUT2D eigenvalue weighted by Gasteiger charge is -2.44. The molecule has 1 N–H and O–H groups in total. The fourth-order valence-electron chi connectivity index (χ4n) is 2.91. The molecule has 2 aromatic rings. The number of benzene rings is 1. The van der Waals surface area contributed by atoms with Crippen LogP contribution in [0.4, 0.5) is 0 Å². The molecule has 0 aliphatic carbocycles. The molecule has 2 unspecified atom stereocenters. The van der Waals surface area contributed by atoms with Gasteiger partial charge in [0.25, 0.3) is 0 Å². The van der Waals surface area contributed by atoms with Crippen LogP contribution in [0.5, 0.6) is 0 Å². The molecule has 3 heterocycles. The van der Waals surface area contributed by atoms with Gasteiger partial charge in [-0.25, -0.2) is 9.67 Å². The van der Waals surface area contributed by atoms with Crippen LogP contribution in [0, 0.1) is 16.7 Å². The second-order valence-electron chi connectivity index (χ2n) is 6.27. The van der Waals surface area contributed by atoms with Crippen LogP contribution in [0.3, 0.4) is 0 Å². The molecule has 0 amide bonds. The Hall–Kier alpha value is -1.90. The molecule has 1 aromatic heterocycles. The molecule has 2 aliphatic rings. The number of aryl methyl sites for hydroxylation is 1. The second kappa shape index (κ2) is 5.08. The van der Waals surface area contributed by atoms with E-state index in [1.165, 1.54) is 0 Å². The maximum absolute atomic E-state index is 11.3. The number of hydrogen-bond acceptors (Lipinski definition) is 4. The normalized spacial score (nSPS) is 19.1. The van der Waals surface area contributed by atoms with Gasteiger partial charge in [-0.05, 0) is 44.4 Å². The number of halogens is 1. The quantitative estimate of drug-likeness (QED) is 0.920. The lowest BCUT2D eigenvalue weighted by atomic mass is 9.68. The zero-order valence-corrected chi connectivity index (χ0v) is 13.2. The van der Waals surface area contributed by atoms with Gasteiger partial charge in [0.05, 0.1) is 11.5 Å². The summed E-state index contributed by atoms with van der Waals surface area (Å²) in [4.78, 5) is 4.14. The summed E-state index contributed by atoms with van der Waals surface area (Å²) in [5, 5.41) is 25.6. The topological polar surface area (TPSA) is 74.7 Å². The zero-order valence-electron chi connectivity index (χ0n) is 12.5. The number of aliphatic hydroxyl groups is 1. The molecule has 0 spiro atoms. The number of aromatic nitrogens is 3. The standard InChI is InChI=1S/C16H17ClN4O/c1-15(2,9-18)16(22,13-14-19-10-21(13)20-14)8-7-11-3-5-12(17)6-4-11/h3-6,10,13,22H,7-8H2,1-2H3. The van der Waals surface area contributed by atoms with Crippen molar-refractivity contribution < 1.29 is 5.11 Å². The van der Waals surface area contributed by atoms with Gasteiger partial charge in [-0.1, -0.05) is 23.7 Å². The fraction of sp³-hybridized carbons (Fsp3) is 0.438. The van der Waals surface area contributed by atoms with Crippen LogP contribution >= 0.6 is 11.6 Å². The molecule has 0 fully saturated rings. The van der Waals surface area contributed by atoms with Crippen molar-refractivity contribution in [3.63, 3.8) is 0 Å². The first kappa shape index (κ1) is 15.0. The largest absolute Gasteiger partial charge is 0.385 e. The number of hydrogen-bond donors (Lipinski definition) is 1. The van der Waals surface area contributed by atoms with Gasteiger partial charge in [-0.3, -0.25) is 0 Å². The van der Waals surface area contributed by atoms with Gasteiger partial charge in [-0.2, -0.15) is 10.4 Å². The highest BCUT2D eigenvalue weighted by molar-refractivity contribution is 6.30. The molecule has 2 bridgehead atoms. The minimum atomic E-state index is -1.23. The predicted molar refractivity (Wildman–Crippen MR) is 82.3 cm³/mol. The van der Waals surface area contributed by atoms with Crippen molar-refractivity contribution in [3.05, 3.63) is 47.0 Å². The van der Waals surface area contributed by atoms with E-state index in [1.54, 1.807) is 24.9 Å². The Morgan fingerprint density at radius 2 is 2.05 bits per heavy atom. The Kier molecular flexibility index (Phi) is 3.47. The molecule has 1 aromatic carbocycles. The first-order valence-corrected chi connectivity index (χ1v) is 7.54. The Morgan fingerprint density at radius 1 is 1.36 bits per heavy atom. The van der Waals surface area contributed by atoms with Gasteiger partial charge in [0.15, 0.2) is 5.82 Å². The highest BCUT2D eigenvalue weighted by Gasteiger charge is 2.55. The molecule has 22 heavy (non-hydrogen) atoms. The Balaban J connectivity index is 1.84. The van der Waals surface area contributed by atoms with Crippen LogP contribution < -0.4 is 0 Å². The molecule has 2 aliphatic heterocycles. The molecule has 2 atom stereocenters. The van der Waals surface area contributed by atoms with Crippen molar-refractivity contribution in [1.82, 2.24) is 14.8 Å². The molecule has 5 nitrogen and oxygen atoms in total. The average molecular weight is 317 g/mol. The SMILES string of the molecule is CC(C)(C#N)C(O)(CCc1ccc(Cl)cc1)C1c2ncn1n2. The molecule has 0 saturated heterocycles. The maximum Gasteiger partial charge on any atom is 0.178 e. The summed E-state index contributed by atoms with van der Waals surface area (Å²) >= 11 is 5.89. The van der Waals surface area contributed by atoms with E-state index in [4.69, 9.17) is 11.6 Å². The van der Waals surface area contributed by atoms with Crippen LogP contribution in [-0.2, 0) is 6.42 Å². The van der Waals surface area contributed by atoms with Gasteiger partial charge >= 0.3 is 0 Å². The Morgan fingerprint density at radius 3 is 2.55 bits per heavy atom. The molecule has 4 rings (SSSR count). The summed E-state index contributed by atoms with van der Waals surface area (Å²) in [6, 6.07) is 9.43. The van der Waals surface area contributed by atoms with Crippen LogP contribution in [-0.4, -0.2) is 25.5 Å². The van der Waals surface area contributed by atoms with Crippen LogP contribution in [0.15, 0.2) is 30.6 Å². The van der Waals surface area contributed by atoms with E-state index in [0.717, 1.165) is 5.56 Å². The summed E-state index contributed by atoms with van der Waals surface area (Å²) in [5.74, 6) is 0.599. The second-order valence-corrected chi connectivity index (χ2v) is 6.71. The summed E-state index contributed by atoms with van der Waals surface area (Å²) in [6.45, 7) is 3.52. The number of fused-ring (bicyclic) bond motifs is 1. The number of nitriles is 1. The van der Waals surface area contributed by atoms with Gasteiger partial charge in [0, 0.05) is 5.02 Å². The van der Waals surface area contributed by atoms with Crippen LogP contribution in [0.1, 0.15) is 37.7 Å². The lowest BCUT2D eigenvalue weighted by molar-refractivity contribution is -0.0892. The third kappa shape index (κ3) is 2.20. The third-order valence-corrected chi connectivity index (χ3v) is 4.81. The molecule has 6 heteroatoms. The highest BCUT2D eigenvalue weighted by atomic mass is 35.5. The van der Waals surface area contributed by atoms with Crippen LogP contribution in [0.25, 0.3) is 0 Å². The van der Waals surface area contributed by atoms with E-state index in [2.05, 4.69) is 16.2 Å². The van der Waals surface area contributed by atoms with E-state index in [9.17, 15) is 10.4 Å². The van der Waals surface area contributed by atoms with Crippen molar-refractivity contribution in [2.75, 3.05) is 0 Å². The van der Waals surface area contributed by atoms with Gasteiger partial charge < -0.3 is 5.11 Å². The van der Waals surface area contributed by atoms with Gasteiger partial charge in [-0.15, -0.1) is 0 Å². The minimum absolute atomic E-state index is 0.338. The smallest absolute Gasteiger partial charge is 0.178 e. The number of nitrogens with zero attached hydrogens (tertiary/aromatic N) is 4. The van der Waals surface area contributed by atoms with Crippen molar-refractivity contribution in [3.8, 4) is 6.07 Å². The van der Waals surface area contributed by atoms with E-state index in [1.807, 2.05) is 24.3 Å². The van der Waals surface area contributed by atoms with Crippen molar-refractivity contribution in [2.24, 2.45) is 5.41 Å². The zero-order chi connectivity index (χ0) is 16.0. The summed E-state index contributed by atoms with van der Waals surface area (Å²) < 4.78 is 1.64. The van der Waals surface area contributed by atoms with E-state index >= 15 is 0 Å². The fourth-order valence-corrected chi connectivity index (χ4v) is 3.03. The minimum Gasteiger partial charge on any atom is -0.385 e. The third-order valence-electron chi connectivity index (χ3n) is 4.56. The molecular formula is C16H17ClN4O. The van der Waals surface area contributed by atoms with Crippen molar-refractivity contribution in [2.45, 2.75) is 38.3 Å². The van der Waals surface area contributed by atoms with Crippen molar-refractivity contribution in [1.29, 1.82) is 5.26 Å². The molecule has 0 saturated carbocycles. The van der Waals surface area contributed by atoms with Crippen LogP contribution in [0.2, 0.25) is 5.02 Å². The first-order chi connectivity index (χ1) is 10.4. The van der Waals surface area contributed by atoms with E-state index in [0.29, 0.717) is 23.7 Å². The highest BCUT2D eigenvalue weighted by Crippen LogP contribution is 2.47. The van der Waals surface area contributed by atoms with Gasteiger partial charge in [0.2, 0.25) is 0 Å². The summed E-state index contributed by atoms with van der Waals surface area (Å²) in [5.41, 5.74) is -1.08. The first-order valence-electron chi connectivity index (χ1n) is 7.16. The summed E-state index contributed by atoms with van der Waals surface area (Å²) in [6.07, 6.45) is 2.69. The Bertz CT molecular complexity index is 705. The number of rotatable bonds is 5. The molecule has 0 radical (unpaired) electrons. The van der Waals surface area contributed by atoms with Gasteiger partial charge in [0.1, 0.15) is 18.0 Å².